The zero-order valence-electron chi connectivity index (χ0n) is 16.5. The number of aromatic nitrogens is 1. The molecule has 0 fully saturated rings. The van der Waals surface area contributed by atoms with Crippen molar-refractivity contribution in [3.63, 3.8) is 0 Å². The summed E-state index contributed by atoms with van der Waals surface area (Å²) in [6.45, 7) is 3.66. The van der Waals surface area contributed by atoms with Gasteiger partial charge in [-0.05, 0) is 44.0 Å². The van der Waals surface area contributed by atoms with Crippen LogP contribution in [0, 0.1) is 0 Å². The highest BCUT2D eigenvalue weighted by molar-refractivity contribution is 6.38. The maximum absolute atomic E-state index is 12.3. The summed E-state index contributed by atoms with van der Waals surface area (Å²) in [6.07, 6.45) is -1.03. The predicted octanol–water partition coefficient (Wildman–Crippen LogP) is 2.69. The van der Waals surface area contributed by atoms with Crippen molar-refractivity contribution >= 4 is 40.8 Å². The van der Waals surface area contributed by atoms with Gasteiger partial charge in [0.25, 0.3) is 5.91 Å². The Morgan fingerprint density at radius 2 is 1.93 bits per heavy atom. The number of nitrogens with one attached hydrogen (secondary N) is 1. The lowest BCUT2D eigenvalue weighted by atomic mass is 10.1. The molecule has 0 aliphatic carbocycles. The number of carbonyl (C=O) groups excluding carboxylic acids is 2. The van der Waals surface area contributed by atoms with Crippen LogP contribution in [-0.2, 0) is 20.7 Å². The third-order valence-electron chi connectivity index (χ3n) is 4.03. The minimum Gasteiger partial charge on any atom is -0.482 e. The van der Waals surface area contributed by atoms with Crippen molar-refractivity contribution in [2.24, 2.45) is 0 Å². The Bertz CT molecular complexity index is 870. The summed E-state index contributed by atoms with van der Waals surface area (Å²) in [4.78, 5) is 27.5. The van der Waals surface area contributed by atoms with Crippen LogP contribution in [0.15, 0.2) is 30.3 Å². The molecular formula is C20H23Cl2N3O5. The van der Waals surface area contributed by atoms with Crippen molar-refractivity contribution in [3.05, 3.63) is 51.8 Å². The van der Waals surface area contributed by atoms with Crippen LogP contribution in [0.1, 0.15) is 31.2 Å². The Morgan fingerprint density at radius 1 is 1.27 bits per heavy atom. The molecule has 8 nitrogen and oxygen atoms in total. The van der Waals surface area contributed by atoms with Crippen LogP contribution < -0.4 is 15.8 Å². The molecule has 0 aliphatic rings. The van der Waals surface area contributed by atoms with Crippen molar-refractivity contribution in [3.8, 4) is 5.75 Å². The maximum atomic E-state index is 12.3. The molecule has 1 amide bonds. The number of carbonyl (C=O) groups is 2. The summed E-state index contributed by atoms with van der Waals surface area (Å²) < 4.78 is 10.1. The highest BCUT2D eigenvalue weighted by atomic mass is 35.5. The number of ether oxygens (including phenoxy) is 2. The maximum Gasteiger partial charge on any atom is 0.344 e. The lowest BCUT2D eigenvalue weighted by Crippen LogP contribution is -2.37. The van der Waals surface area contributed by atoms with E-state index < -0.39 is 18.0 Å². The van der Waals surface area contributed by atoms with Crippen molar-refractivity contribution in [2.45, 2.75) is 32.4 Å². The fourth-order valence-corrected chi connectivity index (χ4v) is 3.03. The van der Waals surface area contributed by atoms with Gasteiger partial charge in [0.1, 0.15) is 5.75 Å². The van der Waals surface area contributed by atoms with Gasteiger partial charge in [-0.25, -0.2) is 9.78 Å². The van der Waals surface area contributed by atoms with Crippen LogP contribution in [0.5, 0.6) is 5.75 Å². The highest BCUT2D eigenvalue weighted by Crippen LogP contribution is 2.28. The minimum absolute atomic E-state index is 0.00648. The molecule has 2 unspecified atom stereocenters. The normalized spacial score (nSPS) is 12.7. The number of nitrogen functional groups attached to an aromatic ring is 1. The van der Waals surface area contributed by atoms with Gasteiger partial charge >= 0.3 is 5.97 Å². The first-order valence-electron chi connectivity index (χ1n) is 9.18. The van der Waals surface area contributed by atoms with Gasteiger partial charge in [-0.2, -0.15) is 0 Å². The van der Waals surface area contributed by atoms with E-state index in [0.29, 0.717) is 18.8 Å². The van der Waals surface area contributed by atoms with Gasteiger partial charge in [0.2, 0.25) is 0 Å². The number of rotatable bonds is 9. The molecule has 1 heterocycles. The van der Waals surface area contributed by atoms with E-state index >= 15 is 0 Å². The topological polar surface area (TPSA) is 124 Å². The Hall–Kier alpha value is -2.55. The largest absolute Gasteiger partial charge is 0.482 e. The number of anilines is 1. The average molecular weight is 456 g/mol. The Morgan fingerprint density at radius 3 is 2.53 bits per heavy atom. The molecule has 2 rings (SSSR count). The molecule has 0 radical (unpaired) electrons. The van der Waals surface area contributed by atoms with Crippen molar-refractivity contribution in [2.75, 3.05) is 18.9 Å². The van der Waals surface area contributed by atoms with Crippen LogP contribution in [0.25, 0.3) is 0 Å². The van der Waals surface area contributed by atoms with Crippen molar-refractivity contribution in [1.82, 2.24) is 10.3 Å². The lowest BCUT2D eigenvalue weighted by Gasteiger charge is -2.17. The number of hydrogen-bond donors (Lipinski definition) is 3. The first-order chi connectivity index (χ1) is 14.2. The lowest BCUT2D eigenvalue weighted by molar-refractivity contribution is -0.145. The van der Waals surface area contributed by atoms with Gasteiger partial charge in [0, 0.05) is 6.04 Å². The predicted molar refractivity (Wildman–Crippen MR) is 114 cm³/mol. The van der Waals surface area contributed by atoms with Crippen LogP contribution in [0.4, 0.5) is 5.69 Å². The molecule has 30 heavy (non-hydrogen) atoms. The summed E-state index contributed by atoms with van der Waals surface area (Å²) in [6, 6.07) is 8.10. The van der Waals surface area contributed by atoms with Gasteiger partial charge in [-0.3, -0.25) is 4.79 Å². The molecule has 0 saturated carbocycles. The average Bonchev–Trinajstić information content (AvgIpc) is 2.70. The number of nitrogens with two attached hydrogens (primary N) is 1. The SMILES string of the molecule is CCOC(=O)COc1ccc(CC(C)NC(=O)C(O)c2cc(Cl)c(N)c(Cl)n2)cc1. The van der Waals surface area contributed by atoms with Crippen molar-refractivity contribution in [1.29, 1.82) is 0 Å². The molecule has 2 aromatic rings. The van der Waals surface area contributed by atoms with Gasteiger partial charge in [-0.15, -0.1) is 0 Å². The Kier molecular flexibility index (Phi) is 8.71. The summed E-state index contributed by atoms with van der Waals surface area (Å²) in [7, 11) is 0. The van der Waals surface area contributed by atoms with E-state index in [9.17, 15) is 14.7 Å². The second-order valence-electron chi connectivity index (χ2n) is 6.49. The molecule has 1 aromatic carbocycles. The minimum atomic E-state index is -1.54. The third kappa shape index (κ3) is 6.76. The monoisotopic (exact) mass is 455 g/mol. The standard InChI is InChI=1S/C20H23Cl2N3O5/c1-3-29-16(26)10-30-13-6-4-12(5-7-13)8-11(2)24-20(28)18(27)15-9-14(21)17(23)19(22)25-15/h4-7,9,11,18,27H,3,8,10,23H2,1-2H3,(H,24,28). The number of hydrogen-bond acceptors (Lipinski definition) is 7. The molecule has 10 heteroatoms. The smallest absolute Gasteiger partial charge is 0.344 e. The quantitative estimate of drug-likeness (QED) is 0.392. The summed E-state index contributed by atoms with van der Waals surface area (Å²) >= 11 is 11.8. The van der Waals surface area contributed by atoms with Crippen LogP contribution in [0.3, 0.4) is 0 Å². The van der Waals surface area contributed by atoms with Crippen LogP contribution in [0.2, 0.25) is 10.2 Å². The molecule has 162 valence electrons. The van der Waals surface area contributed by atoms with E-state index in [1.165, 1.54) is 6.07 Å². The Balaban J connectivity index is 1.89. The molecular weight excluding hydrogens is 433 g/mol. The van der Waals surface area contributed by atoms with Gasteiger partial charge in [0.05, 0.1) is 23.0 Å². The number of amides is 1. The van der Waals surface area contributed by atoms with Crippen molar-refractivity contribution < 1.29 is 24.2 Å². The molecule has 4 N–H and O–H groups in total. The molecule has 0 saturated heterocycles. The van der Waals surface area contributed by atoms with Crippen LogP contribution in [-0.4, -0.2) is 41.2 Å². The zero-order valence-corrected chi connectivity index (χ0v) is 18.0. The summed E-state index contributed by atoms with van der Waals surface area (Å²) in [5, 5.41) is 13.0. The zero-order chi connectivity index (χ0) is 22.3. The second kappa shape index (κ2) is 11.0. The first kappa shape index (κ1) is 23.7. The van der Waals surface area contributed by atoms with Gasteiger partial charge in [-0.1, -0.05) is 35.3 Å². The number of aliphatic hydroxyl groups is 1. The van der Waals surface area contributed by atoms with E-state index in [1.807, 2.05) is 12.1 Å². The van der Waals surface area contributed by atoms with E-state index in [2.05, 4.69) is 10.3 Å². The highest BCUT2D eigenvalue weighted by Gasteiger charge is 2.22. The molecule has 0 spiro atoms. The number of benzene rings is 1. The van der Waals surface area contributed by atoms with E-state index in [0.717, 1.165) is 5.56 Å². The first-order valence-corrected chi connectivity index (χ1v) is 9.94. The number of pyridine rings is 1. The van der Waals surface area contributed by atoms with E-state index in [4.69, 9.17) is 38.4 Å². The Labute approximate surface area is 184 Å². The fourth-order valence-electron chi connectivity index (χ4n) is 2.58. The fraction of sp³-hybridized carbons (Fsp3) is 0.350. The van der Waals surface area contributed by atoms with Crippen LogP contribution >= 0.6 is 23.2 Å². The van der Waals surface area contributed by atoms with Gasteiger partial charge < -0.3 is 25.6 Å². The van der Waals surface area contributed by atoms with E-state index in [-0.39, 0.29) is 34.2 Å². The second-order valence-corrected chi connectivity index (χ2v) is 7.25. The number of halogens is 2. The van der Waals surface area contributed by atoms with Gasteiger partial charge in [0.15, 0.2) is 17.9 Å². The molecule has 0 bridgehead atoms. The summed E-state index contributed by atoms with van der Waals surface area (Å²) in [5.41, 5.74) is 6.63. The number of nitrogens with zero attached hydrogens (tertiary/aromatic N) is 1. The summed E-state index contributed by atoms with van der Waals surface area (Å²) in [5.74, 6) is -0.543. The number of esters is 1. The third-order valence-corrected chi connectivity index (χ3v) is 4.63. The number of aliphatic hydroxyl groups excluding tert-OH is 1. The molecule has 1 aromatic heterocycles. The van der Waals surface area contributed by atoms with E-state index in [1.54, 1.807) is 26.0 Å². The molecule has 2 atom stereocenters. The molecule has 0 aliphatic heterocycles.